The van der Waals surface area contributed by atoms with Crippen LogP contribution in [0.15, 0.2) is 35.3 Å². The van der Waals surface area contributed by atoms with Gasteiger partial charge in [0.15, 0.2) is 0 Å². The number of anilines is 1. The van der Waals surface area contributed by atoms with Crippen molar-refractivity contribution in [2.75, 3.05) is 25.1 Å². The van der Waals surface area contributed by atoms with E-state index in [4.69, 9.17) is 16.3 Å². The van der Waals surface area contributed by atoms with Gasteiger partial charge in [-0.15, -0.1) is 0 Å². The Labute approximate surface area is 157 Å². The fraction of sp³-hybridized carbons (Fsp3) is 0.421. The third-order valence-corrected chi connectivity index (χ3v) is 5.23. The fourth-order valence-electron chi connectivity index (χ4n) is 3.37. The Hall–Kier alpha value is -2.34. The zero-order valence-electron chi connectivity index (χ0n) is 14.9. The standard InChI is InChI=1S/C19H22ClN3O3/c1-3-13-7-6-10-22(12-13)16-11-21-23(18(24)17(16)20)15-9-5-4-8-14(15)19(25)26-2/h4-5,8-9,11,13H,3,6-7,10,12H2,1-2H3. The van der Waals surface area contributed by atoms with E-state index in [1.807, 2.05) is 0 Å². The van der Waals surface area contributed by atoms with Gasteiger partial charge < -0.3 is 9.64 Å². The first-order chi connectivity index (χ1) is 12.6. The highest BCUT2D eigenvalue weighted by Gasteiger charge is 2.23. The van der Waals surface area contributed by atoms with Gasteiger partial charge in [0.1, 0.15) is 5.02 Å². The monoisotopic (exact) mass is 375 g/mol. The third-order valence-electron chi connectivity index (χ3n) is 4.88. The van der Waals surface area contributed by atoms with Crippen LogP contribution in [-0.2, 0) is 4.74 Å². The Morgan fingerprint density at radius 3 is 2.85 bits per heavy atom. The van der Waals surface area contributed by atoms with Crippen molar-refractivity contribution >= 4 is 23.3 Å². The highest BCUT2D eigenvalue weighted by molar-refractivity contribution is 6.33. The lowest BCUT2D eigenvalue weighted by Gasteiger charge is -2.34. The maximum atomic E-state index is 12.8. The molecule has 1 saturated heterocycles. The van der Waals surface area contributed by atoms with Gasteiger partial charge in [-0.1, -0.05) is 37.1 Å². The number of esters is 1. The average molecular weight is 376 g/mol. The van der Waals surface area contributed by atoms with Crippen molar-refractivity contribution in [1.82, 2.24) is 9.78 Å². The number of piperidine rings is 1. The second-order valence-corrected chi connectivity index (χ2v) is 6.81. The SMILES string of the molecule is CCC1CCCN(c2cnn(-c3ccccc3C(=O)OC)c(=O)c2Cl)C1. The predicted molar refractivity (Wildman–Crippen MR) is 101 cm³/mol. The maximum Gasteiger partial charge on any atom is 0.340 e. The minimum absolute atomic E-state index is 0.122. The van der Waals surface area contributed by atoms with E-state index in [0.29, 0.717) is 17.3 Å². The number of aromatic nitrogens is 2. The lowest BCUT2D eigenvalue weighted by molar-refractivity contribution is 0.0600. The lowest BCUT2D eigenvalue weighted by Crippen LogP contribution is -2.37. The van der Waals surface area contributed by atoms with Gasteiger partial charge in [-0.2, -0.15) is 9.78 Å². The molecule has 1 aromatic carbocycles. The molecule has 0 spiro atoms. The van der Waals surface area contributed by atoms with E-state index in [1.54, 1.807) is 30.5 Å². The quantitative estimate of drug-likeness (QED) is 0.767. The molecular weight excluding hydrogens is 354 g/mol. The van der Waals surface area contributed by atoms with Crippen molar-refractivity contribution in [2.24, 2.45) is 5.92 Å². The number of ether oxygens (including phenoxy) is 1. The second kappa shape index (κ2) is 7.91. The molecule has 26 heavy (non-hydrogen) atoms. The van der Waals surface area contributed by atoms with E-state index in [0.717, 1.165) is 30.6 Å². The van der Waals surface area contributed by atoms with Gasteiger partial charge >= 0.3 is 5.97 Å². The number of carbonyl (C=O) groups is 1. The molecule has 0 aliphatic carbocycles. The summed E-state index contributed by atoms with van der Waals surface area (Å²) in [5.74, 6) is 0.0682. The molecule has 7 heteroatoms. The van der Waals surface area contributed by atoms with E-state index in [2.05, 4.69) is 16.9 Å². The predicted octanol–water partition coefficient (Wildman–Crippen LogP) is 3.30. The topological polar surface area (TPSA) is 64.4 Å². The highest BCUT2D eigenvalue weighted by Crippen LogP contribution is 2.28. The van der Waals surface area contributed by atoms with Crippen molar-refractivity contribution in [1.29, 1.82) is 0 Å². The molecule has 1 aliphatic heterocycles. The van der Waals surface area contributed by atoms with Crippen LogP contribution < -0.4 is 10.5 Å². The van der Waals surface area contributed by atoms with Crippen molar-refractivity contribution in [3.05, 3.63) is 51.4 Å². The molecule has 2 heterocycles. The molecule has 0 saturated carbocycles. The Bertz CT molecular complexity index is 865. The van der Waals surface area contributed by atoms with Gasteiger partial charge in [0, 0.05) is 13.1 Å². The third kappa shape index (κ3) is 3.46. The zero-order valence-corrected chi connectivity index (χ0v) is 15.7. The zero-order chi connectivity index (χ0) is 18.7. The number of hydrogen-bond donors (Lipinski definition) is 0. The minimum Gasteiger partial charge on any atom is -0.465 e. The Morgan fingerprint density at radius 1 is 1.35 bits per heavy atom. The van der Waals surface area contributed by atoms with Crippen LogP contribution in [0.2, 0.25) is 5.02 Å². The molecule has 1 atom stereocenters. The summed E-state index contributed by atoms with van der Waals surface area (Å²) in [5.41, 5.74) is 0.820. The molecule has 0 amide bonds. The lowest BCUT2D eigenvalue weighted by atomic mass is 9.95. The first-order valence-corrected chi connectivity index (χ1v) is 9.15. The Kier molecular flexibility index (Phi) is 5.61. The normalized spacial score (nSPS) is 17.2. The number of carbonyl (C=O) groups excluding carboxylic acids is 1. The Morgan fingerprint density at radius 2 is 2.12 bits per heavy atom. The molecule has 0 bridgehead atoms. The summed E-state index contributed by atoms with van der Waals surface area (Å²) in [6.07, 6.45) is 4.98. The molecule has 0 N–H and O–H groups in total. The van der Waals surface area contributed by atoms with Gasteiger partial charge in [0.25, 0.3) is 5.56 Å². The van der Waals surface area contributed by atoms with Crippen LogP contribution in [0, 0.1) is 5.92 Å². The van der Waals surface area contributed by atoms with Crippen molar-refractivity contribution in [3.63, 3.8) is 0 Å². The van der Waals surface area contributed by atoms with E-state index >= 15 is 0 Å². The van der Waals surface area contributed by atoms with Crippen LogP contribution in [0.1, 0.15) is 36.5 Å². The fourth-order valence-corrected chi connectivity index (χ4v) is 3.62. The number of halogens is 1. The van der Waals surface area contributed by atoms with Crippen LogP contribution in [0.4, 0.5) is 5.69 Å². The number of methoxy groups -OCH3 is 1. The smallest absolute Gasteiger partial charge is 0.340 e. The summed E-state index contributed by atoms with van der Waals surface area (Å²) in [5, 5.41) is 4.40. The van der Waals surface area contributed by atoms with E-state index in [1.165, 1.54) is 13.5 Å². The number of nitrogens with zero attached hydrogens (tertiary/aromatic N) is 3. The number of rotatable bonds is 4. The van der Waals surface area contributed by atoms with Gasteiger partial charge in [-0.25, -0.2) is 4.79 Å². The summed E-state index contributed by atoms with van der Waals surface area (Å²) in [4.78, 5) is 26.9. The van der Waals surface area contributed by atoms with Crippen molar-refractivity contribution < 1.29 is 9.53 Å². The van der Waals surface area contributed by atoms with Crippen molar-refractivity contribution in [2.45, 2.75) is 26.2 Å². The molecule has 1 fully saturated rings. The first-order valence-electron chi connectivity index (χ1n) is 8.77. The Balaban J connectivity index is 2.02. The van der Waals surface area contributed by atoms with Crippen molar-refractivity contribution in [3.8, 4) is 5.69 Å². The molecule has 6 nitrogen and oxygen atoms in total. The average Bonchev–Trinajstić information content (AvgIpc) is 2.69. The van der Waals surface area contributed by atoms with Gasteiger partial charge in [-0.05, 0) is 30.9 Å². The second-order valence-electron chi connectivity index (χ2n) is 6.43. The minimum atomic E-state index is -0.531. The summed E-state index contributed by atoms with van der Waals surface area (Å²) >= 11 is 6.41. The number of hydrogen-bond acceptors (Lipinski definition) is 5. The van der Waals surface area contributed by atoms with E-state index in [-0.39, 0.29) is 10.6 Å². The molecule has 1 unspecified atom stereocenters. The molecule has 2 aromatic rings. The molecular formula is C19H22ClN3O3. The molecule has 1 aliphatic rings. The molecule has 138 valence electrons. The number of benzene rings is 1. The summed E-state index contributed by atoms with van der Waals surface area (Å²) in [6, 6.07) is 6.67. The highest BCUT2D eigenvalue weighted by atomic mass is 35.5. The molecule has 1 aromatic heterocycles. The van der Waals surface area contributed by atoms with Crippen LogP contribution in [-0.4, -0.2) is 35.9 Å². The van der Waals surface area contributed by atoms with E-state index < -0.39 is 11.5 Å². The van der Waals surface area contributed by atoms with E-state index in [9.17, 15) is 9.59 Å². The van der Waals surface area contributed by atoms with Gasteiger partial charge in [-0.3, -0.25) is 4.79 Å². The van der Waals surface area contributed by atoms with Crippen LogP contribution in [0.3, 0.4) is 0 Å². The van der Waals surface area contributed by atoms with Crippen LogP contribution in [0.25, 0.3) is 5.69 Å². The summed E-state index contributed by atoms with van der Waals surface area (Å²) < 4.78 is 5.94. The first kappa shape index (κ1) is 18.5. The van der Waals surface area contributed by atoms with Crippen LogP contribution >= 0.6 is 11.6 Å². The summed E-state index contributed by atoms with van der Waals surface area (Å²) in [7, 11) is 1.30. The molecule has 3 rings (SSSR count). The van der Waals surface area contributed by atoms with Gasteiger partial charge in [0.05, 0.1) is 30.2 Å². The number of para-hydroxylation sites is 1. The summed E-state index contributed by atoms with van der Waals surface area (Å²) in [6.45, 7) is 3.91. The van der Waals surface area contributed by atoms with Crippen LogP contribution in [0.5, 0.6) is 0 Å². The maximum absolute atomic E-state index is 12.8. The van der Waals surface area contributed by atoms with Gasteiger partial charge in [0.2, 0.25) is 0 Å². The molecule has 0 radical (unpaired) electrons. The largest absolute Gasteiger partial charge is 0.465 e.